The molecule has 0 bridgehead atoms. The molecule has 1 aromatic rings. The van der Waals surface area contributed by atoms with E-state index in [2.05, 4.69) is 0 Å². The fourth-order valence-electron chi connectivity index (χ4n) is 1.63. The normalized spacial score (nSPS) is 11.8. The standard InChI is InChI=1S/C13H20ClNO4S/c1-4-19-8-7-15(2)20(16,17)13-9-11(10-14)5-6-12(13)18-3/h5-6,9H,4,7-8,10H2,1-3H3. The molecule has 0 spiro atoms. The zero-order valence-electron chi connectivity index (χ0n) is 11.9. The molecule has 0 aliphatic rings. The van der Waals surface area contributed by atoms with Gasteiger partial charge < -0.3 is 9.47 Å². The average Bonchev–Trinajstić information content (AvgIpc) is 2.46. The molecule has 0 aliphatic carbocycles. The van der Waals surface area contributed by atoms with Crippen LogP contribution in [0.5, 0.6) is 5.75 Å². The van der Waals surface area contributed by atoms with E-state index in [1.165, 1.54) is 18.5 Å². The quantitative estimate of drug-likeness (QED) is 0.543. The van der Waals surface area contributed by atoms with Crippen LogP contribution in [0.4, 0.5) is 0 Å². The lowest BCUT2D eigenvalue weighted by Gasteiger charge is -2.19. The van der Waals surface area contributed by atoms with Crippen molar-refractivity contribution in [3.05, 3.63) is 23.8 Å². The fraction of sp³-hybridized carbons (Fsp3) is 0.538. The summed E-state index contributed by atoms with van der Waals surface area (Å²) < 4.78 is 36.6. The third kappa shape index (κ3) is 4.09. The Balaban J connectivity index is 3.06. The molecule has 7 heteroatoms. The summed E-state index contributed by atoms with van der Waals surface area (Å²) in [7, 11) is -0.671. The Labute approximate surface area is 125 Å². The predicted molar refractivity (Wildman–Crippen MR) is 78.9 cm³/mol. The van der Waals surface area contributed by atoms with E-state index in [0.29, 0.717) is 19.0 Å². The number of alkyl halides is 1. The van der Waals surface area contributed by atoms with Crippen LogP contribution >= 0.6 is 11.6 Å². The van der Waals surface area contributed by atoms with Gasteiger partial charge in [0.05, 0.1) is 13.7 Å². The van der Waals surface area contributed by atoms with E-state index in [-0.39, 0.29) is 17.3 Å². The first-order chi connectivity index (χ1) is 9.47. The maximum Gasteiger partial charge on any atom is 0.246 e. The number of ether oxygens (including phenoxy) is 2. The molecule has 0 saturated carbocycles. The summed E-state index contributed by atoms with van der Waals surface area (Å²) in [6.45, 7) is 3.05. The maximum atomic E-state index is 12.5. The summed E-state index contributed by atoms with van der Waals surface area (Å²) in [5, 5.41) is 0. The number of methoxy groups -OCH3 is 1. The number of halogens is 1. The van der Waals surface area contributed by atoms with E-state index in [0.717, 1.165) is 5.56 Å². The van der Waals surface area contributed by atoms with Gasteiger partial charge in [-0.2, -0.15) is 4.31 Å². The number of sulfonamides is 1. The summed E-state index contributed by atoms with van der Waals surface area (Å²) in [4.78, 5) is 0.122. The monoisotopic (exact) mass is 321 g/mol. The van der Waals surface area contributed by atoms with Gasteiger partial charge in [-0.1, -0.05) is 6.07 Å². The Morgan fingerprint density at radius 3 is 2.60 bits per heavy atom. The minimum atomic E-state index is -3.63. The molecule has 0 fully saturated rings. The summed E-state index contributed by atoms with van der Waals surface area (Å²) in [5.41, 5.74) is 0.726. The zero-order valence-corrected chi connectivity index (χ0v) is 13.5. The van der Waals surface area contributed by atoms with Gasteiger partial charge in [0.15, 0.2) is 0 Å². The highest BCUT2D eigenvalue weighted by atomic mass is 35.5. The molecule has 114 valence electrons. The van der Waals surface area contributed by atoms with Crippen molar-refractivity contribution in [1.29, 1.82) is 0 Å². The average molecular weight is 322 g/mol. The van der Waals surface area contributed by atoms with Crippen LogP contribution in [0, 0.1) is 0 Å². The van der Waals surface area contributed by atoms with Gasteiger partial charge in [0.2, 0.25) is 10.0 Å². The SMILES string of the molecule is CCOCCN(C)S(=O)(=O)c1cc(CCl)ccc1OC. The molecule has 0 unspecified atom stereocenters. The molecule has 5 nitrogen and oxygen atoms in total. The van der Waals surface area contributed by atoms with Crippen molar-refractivity contribution >= 4 is 21.6 Å². The van der Waals surface area contributed by atoms with Crippen molar-refractivity contribution in [2.45, 2.75) is 17.7 Å². The lowest BCUT2D eigenvalue weighted by molar-refractivity contribution is 0.138. The summed E-state index contributed by atoms with van der Waals surface area (Å²) in [6, 6.07) is 4.89. The van der Waals surface area contributed by atoms with Gasteiger partial charge in [0, 0.05) is 26.1 Å². The van der Waals surface area contributed by atoms with Crippen LogP contribution in [0.1, 0.15) is 12.5 Å². The number of benzene rings is 1. The second-order valence-electron chi connectivity index (χ2n) is 4.14. The van der Waals surface area contributed by atoms with Crippen LogP contribution in [0.15, 0.2) is 23.1 Å². The van der Waals surface area contributed by atoms with Crippen molar-refractivity contribution in [2.24, 2.45) is 0 Å². The van der Waals surface area contributed by atoms with Crippen LogP contribution in [-0.4, -0.2) is 46.6 Å². The van der Waals surface area contributed by atoms with Gasteiger partial charge in [-0.25, -0.2) is 8.42 Å². The summed E-state index contributed by atoms with van der Waals surface area (Å²) in [6.07, 6.45) is 0. The fourth-order valence-corrected chi connectivity index (χ4v) is 3.15. The molecule has 0 heterocycles. The molecule has 1 aromatic carbocycles. The molecule has 0 aromatic heterocycles. The lowest BCUT2D eigenvalue weighted by Crippen LogP contribution is -2.30. The first-order valence-corrected chi connectivity index (χ1v) is 8.21. The Bertz CT molecular complexity index is 533. The highest BCUT2D eigenvalue weighted by Crippen LogP contribution is 2.27. The van der Waals surface area contributed by atoms with Gasteiger partial charge in [0.1, 0.15) is 10.6 Å². The molecule has 0 radical (unpaired) electrons. The molecule has 0 amide bonds. The van der Waals surface area contributed by atoms with E-state index in [4.69, 9.17) is 21.1 Å². The molecular weight excluding hydrogens is 302 g/mol. The van der Waals surface area contributed by atoms with Gasteiger partial charge in [-0.05, 0) is 24.6 Å². The third-order valence-electron chi connectivity index (χ3n) is 2.83. The molecule has 0 atom stereocenters. The lowest BCUT2D eigenvalue weighted by atomic mass is 10.2. The Kier molecular flexibility index (Phi) is 6.75. The van der Waals surface area contributed by atoms with E-state index in [9.17, 15) is 8.42 Å². The second-order valence-corrected chi connectivity index (χ2v) is 6.42. The van der Waals surface area contributed by atoms with E-state index in [1.807, 2.05) is 6.92 Å². The van der Waals surface area contributed by atoms with Crippen LogP contribution in [-0.2, 0) is 20.6 Å². The van der Waals surface area contributed by atoms with Crippen molar-refractivity contribution in [2.75, 3.05) is 33.9 Å². The number of hydrogen-bond acceptors (Lipinski definition) is 4. The van der Waals surface area contributed by atoms with Gasteiger partial charge in [0.25, 0.3) is 0 Å². The smallest absolute Gasteiger partial charge is 0.246 e. The van der Waals surface area contributed by atoms with Crippen LogP contribution in [0.2, 0.25) is 0 Å². The topological polar surface area (TPSA) is 55.8 Å². The maximum absolute atomic E-state index is 12.5. The minimum absolute atomic E-state index is 0.122. The number of nitrogens with zero attached hydrogens (tertiary/aromatic N) is 1. The predicted octanol–water partition coefficient (Wildman–Crippen LogP) is 2.09. The van der Waals surface area contributed by atoms with Gasteiger partial charge >= 0.3 is 0 Å². The number of likely N-dealkylation sites (N-methyl/N-ethyl adjacent to an activating group) is 1. The first-order valence-electron chi connectivity index (χ1n) is 6.24. The Hall–Kier alpha value is -0.820. The Morgan fingerprint density at radius 2 is 2.05 bits per heavy atom. The molecule has 1 rings (SSSR count). The van der Waals surface area contributed by atoms with Crippen LogP contribution in [0.25, 0.3) is 0 Å². The zero-order chi connectivity index (χ0) is 15.2. The highest BCUT2D eigenvalue weighted by molar-refractivity contribution is 7.89. The second kappa shape index (κ2) is 7.83. The summed E-state index contributed by atoms with van der Waals surface area (Å²) >= 11 is 5.76. The van der Waals surface area contributed by atoms with E-state index < -0.39 is 10.0 Å². The molecule has 20 heavy (non-hydrogen) atoms. The molecule has 0 N–H and O–H groups in total. The molecule has 0 aliphatic heterocycles. The Morgan fingerprint density at radius 1 is 1.35 bits per heavy atom. The van der Waals surface area contributed by atoms with Crippen LogP contribution in [0.3, 0.4) is 0 Å². The first kappa shape index (κ1) is 17.2. The number of rotatable bonds is 8. The molecular formula is C13H20ClNO4S. The highest BCUT2D eigenvalue weighted by Gasteiger charge is 2.24. The van der Waals surface area contributed by atoms with Crippen molar-refractivity contribution in [3.63, 3.8) is 0 Å². The molecule has 0 saturated heterocycles. The van der Waals surface area contributed by atoms with Gasteiger partial charge in [-0.15, -0.1) is 11.6 Å². The third-order valence-corrected chi connectivity index (χ3v) is 5.01. The van der Waals surface area contributed by atoms with Crippen LogP contribution < -0.4 is 4.74 Å². The summed E-state index contributed by atoms with van der Waals surface area (Å²) in [5.74, 6) is 0.553. The van der Waals surface area contributed by atoms with Gasteiger partial charge in [-0.3, -0.25) is 0 Å². The van der Waals surface area contributed by atoms with Crippen molar-refractivity contribution in [1.82, 2.24) is 4.31 Å². The van der Waals surface area contributed by atoms with Crippen molar-refractivity contribution < 1.29 is 17.9 Å². The van der Waals surface area contributed by atoms with Crippen molar-refractivity contribution in [3.8, 4) is 5.75 Å². The number of hydrogen-bond donors (Lipinski definition) is 0. The largest absolute Gasteiger partial charge is 0.495 e. The minimum Gasteiger partial charge on any atom is -0.495 e. The van der Waals surface area contributed by atoms with E-state index in [1.54, 1.807) is 18.2 Å². The van der Waals surface area contributed by atoms with E-state index >= 15 is 0 Å².